The molecule has 2 rings (SSSR count). The maximum Gasteiger partial charge on any atom is 0.358 e. The zero-order chi connectivity index (χ0) is 11.5. The van der Waals surface area contributed by atoms with Crippen molar-refractivity contribution >= 4 is 17.0 Å². The van der Waals surface area contributed by atoms with Crippen LogP contribution >= 0.6 is 0 Å². The third-order valence-corrected chi connectivity index (χ3v) is 2.36. The van der Waals surface area contributed by atoms with E-state index >= 15 is 0 Å². The standard InChI is InChI=1S/C12H12N2O2/c1-3-8-11(12(15)16-2)14-10-7-5-4-6-9(10)13-8/h4-7H,3H2,1-2H3. The molecule has 0 bridgehead atoms. The number of aryl methyl sites for hydroxylation is 1. The van der Waals surface area contributed by atoms with Crippen LogP contribution in [0.3, 0.4) is 0 Å². The molecule has 4 heteroatoms. The van der Waals surface area contributed by atoms with Crippen LogP contribution in [-0.4, -0.2) is 23.0 Å². The van der Waals surface area contributed by atoms with Gasteiger partial charge in [-0.2, -0.15) is 0 Å². The van der Waals surface area contributed by atoms with Crippen molar-refractivity contribution in [2.45, 2.75) is 13.3 Å². The largest absolute Gasteiger partial charge is 0.464 e. The number of aromatic nitrogens is 2. The molecule has 0 fully saturated rings. The summed E-state index contributed by atoms with van der Waals surface area (Å²) in [5.41, 5.74) is 2.49. The fraction of sp³-hybridized carbons (Fsp3) is 0.250. The SMILES string of the molecule is CCc1nc2ccccc2nc1C(=O)OC. The number of benzene rings is 1. The third kappa shape index (κ3) is 1.74. The van der Waals surface area contributed by atoms with Crippen molar-refractivity contribution in [2.24, 2.45) is 0 Å². The van der Waals surface area contributed by atoms with Crippen molar-refractivity contribution in [1.29, 1.82) is 0 Å². The number of para-hydroxylation sites is 2. The van der Waals surface area contributed by atoms with Crippen LogP contribution in [-0.2, 0) is 11.2 Å². The van der Waals surface area contributed by atoms with Gasteiger partial charge in [0.2, 0.25) is 0 Å². The highest BCUT2D eigenvalue weighted by atomic mass is 16.5. The molecule has 0 aliphatic heterocycles. The van der Waals surface area contributed by atoms with Crippen LogP contribution in [0.15, 0.2) is 24.3 Å². The first-order valence-electron chi connectivity index (χ1n) is 5.10. The van der Waals surface area contributed by atoms with Crippen LogP contribution in [0.5, 0.6) is 0 Å². The molecule has 0 saturated heterocycles. The van der Waals surface area contributed by atoms with E-state index in [0.717, 1.165) is 5.52 Å². The second-order valence-corrected chi connectivity index (χ2v) is 3.35. The number of esters is 1. The van der Waals surface area contributed by atoms with E-state index in [1.807, 2.05) is 31.2 Å². The van der Waals surface area contributed by atoms with Crippen LogP contribution < -0.4 is 0 Å². The molecule has 1 aromatic heterocycles. The van der Waals surface area contributed by atoms with Gasteiger partial charge in [0.1, 0.15) is 0 Å². The number of nitrogens with zero attached hydrogens (tertiary/aromatic N) is 2. The van der Waals surface area contributed by atoms with Crippen molar-refractivity contribution in [3.05, 3.63) is 35.7 Å². The number of carbonyl (C=O) groups excluding carboxylic acids is 1. The Labute approximate surface area is 93.3 Å². The van der Waals surface area contributed by atoms with Gasteiger partial charge >= 0.3 is 5.97 Å². The first-order chi connectivity index (χ1) is 7.76. The summed E-state index contributed by atoms with van der Waals surface area (Å²) in [5.74, 6) is -0.435. The Morgan fingerprint density at radius 1 is 1.25 bits per heavy atom. The molecular formula is C12H12N2O2. The molecule has 0 aliphatic carbocycles. The molecule has 0 spiro atoms. The normalized spacial score (nSPS) is 10.4. The average Bonchev–Trinajstić information content (AvgIpc) is 2.36. The Balaban J connectivity index is 2.67. The Morgan fingerprint density at radius 2 is 1.88 bits per heavy atom. The summed E-state index contributed by atoms with van der Waals surface area (Å²) in [6.45, 7) is 1.94. The van der Waals surface area contributed by atoms with E-state index in [1.54, 1.807) is 0 Å². The predicted octanol–water partition coefficient (Wildman–Crippen LogP) is 1.98. The number of ether oxygens (including phenoxy) is 1. The highest BCUT2D eigenvalue weighted by Crippen LogP contribution is 2.13. The first kappa shape index (κ1) is 10.5. The average molecular weight is 216 g/mol. The fourth-order valence-electron chi connectivity index (χ4n) is 1.54. The van der Waals surface area contributed by atoms with Gasteiger partial charge in [0, 0.05) is 0 Å². The Hall–Kier alpha value is -1.97. The van der Waals surface area contributed by atoms with Crippen molar-refractivity contribution in [2.75, 3.05) is 7.11 Å². The van der Waals surface area contributed by atoms with Gasteiger partial charge in [0.05, 0.1) is 23.8 Å². The lowest BCUT2D eigenvalue weighted by molar-refractivity contribution is 0.0592. The van der Waals surface area contributed by atoms with E-state index in [4.69, 9.17) is 0 Å². The number of fused-ring (bicyclic) bond motifs is 1. The second kappa shape index (κ2) is 4.26. The molecule has 82 valence electrons. The molecule has 1 heterocycles. The molecule has 0 atom stereocenters. The maximum absolute atomic E-state index is 11.5. The van der Waals surface area contributed by atoms with E-state index in [0.29, 0.717) is 23.3 Å². The zero-order valence-electron chi connectivity index (χ0n) is 9.23. The molecule has 0 amide bonds. The summed E-state index contributed by atoms with van der Waals surface area (Å²) in [7, 11) is 1.35. The van der Waals surface area contributed by atoms with Crippen molar-refractivity contribution < 1.29 is 9.53 Å². The first-order valence-corrected chi connectivity index (χ1v) is 5.10. The van der Waals surface area contributed by atoms with Crippen LogP contribution in [0, 0.1) is 0 Å². The minimum Gasteiger partial charge on any atom is -0.464 e. The van der Waals surface area contributed by atoms with Gasteiger partial charge in [-0.15, -0.1) is 0 Å². The van der Waals surface area contributed by atoms with Crippen molar-refractivity contribution in [3.8, 4) is 0 Å². The van der Waals surface area contributed by atoms with Gasteiger partial charge in [-0.05, 0) is 18.6 Å². The van der Waals surface area contributed by atoms with E-state index in [9.17, 15) is 4.79 Å². The summed E-state index contributed by atoms with van der Waals surface area (Å²) in [4.78, 5) is 20.2. The predicted molar refractivity (Wildman–Crippen MR) is 60.3 cm³/mol. The highest BCUT2D eigenvalue weighted by molar-refractivity contribution is 5.90. The Bertz CT molecular complexity index is 538. The summed E-state index contributed by atoms with van der Waals surface area (Å²) in [6.07, 6.45) is 0.655. The molecule has 16 heavy (non-hydrogen) atoms. The van der Waals surface area contributed by atoms with E-state index in [2.05, 4.69) is 14.7 Å². The zero-order valence-corrected chi connectivity index (χ0v) is 9.23. The minimum atomic E-state index is -0.435. The molecule has 2 aromatic rings. The highest BCUT2D eigenvalue weighted by Gasteiger charge is 2.15. The lowest BCUT2D eigenvalue weighted by Gasteiger charge is -2.05. The number of carbonyl (C=O) groups is 1. The number of methoxy groups -OCH3 is 1. The Morgan fingerprint density at radius 3 is 2.44 bits per heavy atom. The van der Waals surface area contributed by atoms with Crippen LogP contribution in [0.4, 0.5) is 0 Å². The van der Waals surface area contributed by atoms with Gasteiger partial charge in [-0.25, -0.2) is 14.8 Å². The molecule has 0 unspecified atom stereocenters. The molecular weight excluding hydrogens is 204 g/mol. The quantitative estimate of drug-likeness (QED) is 0.720. The summed E-state index contributed by atoms with van der Waals surface area (Å²) >= 11 is 0. The van der Waals surface area contributed by atoms with Crippen molar-refractivity contribution in [3.63, 3.8) is 0 Å². The molecule has 0 radical (unpaired) electrons. The van der Waals surface area contributed by atoms with Crippen LogP contribution in [0.25, 0.3) is 11.0 Å². The van der Waals surface area contributed by atoms with Crippen molar-refractivity contribution in [1.82, 2.24) is 9.97 Å². The molecule has 0 saturated carbocycles. The molecule has 1 aromatic carbocycles. The maximum atomic E-state index is 11.5. The van der Waals surface area contributed by atoms with Gasteiger partial charge in [-0.1, -0.05) is 19.1 Å². The van der Waals surface area contributed by atoms with Crippen LogP contribution in [0.2, 0.25) is 0 Å². The number of rotatable bonds is 2. The molecule has 0 aliphatic rings. The summed E-state index contributed by atoms with van der Waals surface area (Å²) in [6, 6.07) is 7.47. The number of hydrogen-bond acceptors (Lipinski definition) is 4. The van der Waals surface area contributed by atoms with Gasteiger partial charge in [0.15, 0.2) is 5.69 Å². The van der Waals surface area contributed by atoms with Gasteiger partial charge < -0.3 is 4.74 Å². The molecule has 0 N–H and O–H groups in total. The van der Waals surface area contributed by atoms with Gasteiger partial charge in [-0.3, -0.25) is 0 Å². The number of hydrogen-bond donors (Lipinski definition) is 0. The topological polar surface area (TPSA) is 52.1 Å². The van der Waals surface area contributed by atoms with Gasteiger partial charge in [0.25, 0.3) is 0 Å². The van der Waals surface area contributed by atoms with E-state index in [1.165, 1.54) is 7.11 Å². The smallest absolute Gasteiger partial charge is 0.358 e. The van der Waals surface area contributed by atoms with E-state index in [-0.39, 0.29) is 0 Å². The third-order valence-electron chi connectivity index (χ3n) is 2.36. The lowest BCUT2D eigenvalue weighted by atomic mass is 10.2. The Kier molecular flexibility index (Phi) is 2.81. The summed E-state index contributed by atoms with van der Waals surface area (Å²) < 4.78 is 4.69. The minimum absolute atomic E-state index is 0.309. The summed E-state index contributed by atoms with van der Waals surface area (Å²) in [5, 5.41) is 0. The van der Waals surface area contributed by atoms with E-state index < -0.39 is 5.97 Å². The molecule has 4 nitrogen and oxygen atoms in total. The fourth-order valence-corrected chi connectivity index (χ4v) is 1.54. The monoisotopic (exact) mass is 216 g/mol. The van der Waals surface area contributed by atoms with Crippen LogP contribution in [0.1, 0.15) is 23.1 Å². The lowest BCUT2D eigenvalue weighted by Crippen LogP contribution is -2.10. The second-order valence-electron chi connectivity index (χ2n) is 3.35.